The van der Waals surface area contributed by atoms with Gasteiger partial charge in [-0.2, -0.15) is 4.98 Å². The van der Waals surface area contributed by atoms with Crippen LogP contribution in [0.3, 0.4) is 0 Å². The molecule has 0 aromatic carbocycles. The average molecular weight is 565 g/mol. The van der Waals surface area contributed by atoms with Crippen molar-refractivity contribution in [2.75, 3.05) is 18.4 Å². The van der Waals surface area contributed by atoms with Crippen LogP contribution in [-0.2, 0) is 4.74 Å². The second-order valence-electron chi connectivity index (χ2n) is 9.31. The van der Waals surface area contributed by atoms with E-state index < -0.39 is 42.4 Å². The molecule has 13 heteroatoms. The normalized spacial score (nSPS) is 17.5. The van der Waals surface area contributed by atoms with Crippen molar-refractivity contribution in [1.82, 2.24) is 25.0 Å². The van der Waals surface area contributed by atoms with Crippen molar-refractivity contribution in [1.29, 1.82) is 0 Å². The first kappa shape index (κ1) is 25.6. The smallest absolute Gasteiger partial charge is 0.410 e. The Balaban J connectivity index is 1.45. The van der Waals surface area contributed by atoms with Crippen LogP contribution in [0.15, 0.2) is 45.7 Å². The number of ether oxygens (including phenoxy) is 1. The van der Waals surface area contributed by atoms with Gasteiger partial charge in [0.2, 0.25) is 11.7 Å². The maximum absolute atomic E-state index is 14.4. The fourth-order valence-corrected chi connectivity index (χ4v) is 3.91. The van der Waals surface area contributed by atoms with E-state index >= 15 is 0 Å². The molecule has 1 saturated heterocycles. The maximum Gasteiger partial charge on any atom is 0.410 e. The second-order valence-corrected chi connectivity index (χ2v) is 10.1. The number of pyridine rings is 2. The number of anilines is 1. The van der Waals surface area contributed by atoms with Gasteiger partial charge in [-0.25, -0.2) is 23.5 Å². The molecule has 1 N–H and O–H groups in total. The van der Waals surface area contributed by atoms with Gasteiger partial charge < -0.3 is 19.5 Å². The SMILES string of the molecule is CC(C)(C)OC(=O)N1CC(c2nc(-c3ccc(NC(=O)c4cccc(Br)n4)nc3)no2)CC(F)(F)C1. The third-order valence-corrected chi connectivity index (χ3v) is 5.50. The lowest BCUT2D eigenvalue weighted by atomic mass is 9.95. The second kappa shape index (κ2) is 9.88. The number of carbonyl (C=O) groups is 2. The molecular formula is C23H23BrF2N6O4. The highest BCUT2D eigenvalue weighted by molar-refractivity contribution is 9.10. The minimum atomic E-state index is -3.14. The molecular weight excluding hydrogens is 542 g/mol. The number of hydrogen-bond donors (Lipinski definition) is 1. The summed E-state index contributed by atoms with van der Waals surface area (Å²) >= 11 is 3.21. The summed E-state index contributed by atoms with van der Waals surface area (Å²) in [5, 5.41) is 6.51. The summed E-state index contributed by atoms with van der Waals surface area (Å²) in [6.07, 6.45) is 0.0495. The van der Waals surface area contributed by atoms with Crippen LogP contribution >= 0.6 is 15.9 Å². The molecule has 1 aliphatic rings. The molecule has 0 radical (unpaired) electrons. The van der Waals surface area contributed by atoms with Gasteiger partial charge in [0.25, 0.3) is 11.8 Å². The van der Waals surface area contributed by atoms with Crippen molar-refractivity contribution in [3.63, 3.8) is 0 Å². The molecule has 1 fully saturated rings. The first-order valence-electron chi connectivity index (χ1n) is 11.0. The lowest BCUT2D eigenvalue weighted by Gasteiger charge is -2.36. The van der Waals surface area contributed by atoms with Crippen molar-refractivity contribution < 1.29 is 27.6 Å². The Morgan fingerprint density at radius 3 is 2.67 bits per heavy atom. The van der Waals surface area contributed by atoms with Gasteiger partial charge in [0.15, 0.2) is 0 Å². The summed E-state index contributed by atoms with van der Waals surface area (Å²) in [5.74, 6) is -4.05. The molecule has 190 valence electrons. The molecule has 1 aliphatic heterocycles. The Kier molecular flexibility index (Phi) is 7.03. The molecule has 36 heavy (non-hydrogen) atoms. The van der Waals surface area contributed by atoms with Crippen molar-refractivity contribution >= 4 is 33.7 Å². The maximum atomic E-state index is 14.4. The number of carbonyl (C=O) groups excluding carboxylic acids is 2. The largest absolute Gasteiger partial charge is 0.444 e. The topological polar surface area (TPSA) is 123 Å². The Labute approximate surface area is 213 Å². The zero-order valence-electron chi connectivity index (χ0n) is 19.7. The van der Waals surface area contributed by atoms with E-state index in [2.05, 4.69) is 41.4 Å². The van der Waals surface area contributed by atoms with Crippen LogP contribution in [0, 0.1) is 0 Å². The molecule has 1 atom stereocenters. The number of alkyl halides is 2. The number of likely N-dealkylation sites (tertiary alicyclic amines) is 1. The predicted molar refractivity (Wildman–Crippen MR) is 128 cm³/mol. The van der Waals surface area contributed by atoms with E-state index in [-0.39, 0.29) is 29.8 Å². The molecule has 0 aliphatic carbocycles. The van der Waals surface area contributed by atoms with Crippen molar-refractivity contribution in [2.24, 2.45) is 0 Å². The standard InChI is InChI=1S/C23H23BrF2N6O4/c1-22(2,3)35-21(34)32-11-14(9-23(25,26)12-32)20-30-18(31-36-20)13-7-8-17(27-10-13)29-19(33)15-5-4-6-16(24)28-15/h4-8,10,14H,9,11-12H2,1-3H3,(H,27,29,33). The highest BCUT2D eigenvalue weighted by Crippen LogP contribution is 2.36. The van der Waals surface area contributed by atoms with E-state index in [9.17, 15) is 18.4 Å². The first-order valence-corrected chi connectivity index (χ1v) is 11.8. The zero-order chi connectivity index (χ0) is 26.1. The fraction of sp³-hybridized carbons (Fsp3) is 0.391. The molecule has 3 aromatic heterocycles. The van der Waals surface area contributed by atoms with Crippen LogP contribution in [0.2, 0.25) is 0 Å². The number of aromatic nitrogens is 4. The molecule has 4 heterocycles. The van der Waals surface area contributed by atoms with Crippen LogP contribution in [0.25, 0.3) is 11.4 Å². The number of amides is 2. The Morgan fingerprint density at radius 1 is 1.22 bits per heavy atom. The average Bonchev–Trinajstić information content (AvgIpc) is 3.28. The van der Waals surface area contributed by atoms with Gasteiger partial charge >= 0.3 is 6.09 Å². The van der Waals surface area contributed by atoms with Crippen molar-refractivity contribution in [2.45, 2.75) is 44.6 Å². The fourth-order valence-electron chi connectivity index (χ4n) is 3.56. The quantitative estimate of drug-likeness (QED) is 0.444. The minimum absolute atomic E-state index is 0.0176. The van der Waals surface area contributed by atoms with Gasteiger partial charge in [0.05, 0.1) is 12.5 Å². The summed E-state index contributed by atoms with van der Waals surface area (Å²) in [6, 6.07) is 8.10. The van der Waals surface area contributed by atoms with Crippen LogP contribution in [0.5, 0.6) is 0 Å². The highest BCUT2D eigenvalue weighted by atomic mass is 79.9. The molecule has 2 amide bonds. The van der Waals surface area contributed by atoms with Crippen LogP contribution < -0.4 is 5.32 Å². The molecule has 0 saturated carbocycles. The number of hydrogen-bond acceptors (Lipinski definition) is 8. The van der Waals surface area contributed by atoms with Crippen molar-refractivity contribution in [3.05, 3.63) is 52.7 Å². The van der Waals surface area contributed by atoms with Gasteiger partial charge in [0.1, 0.15) is 21.7 Å². The van der Waals surface area contributed by atoms with E-state index in [1.165, 1.54) is 6.20 Å². The van der Waals surface area contributed by atoms with E-state index in [1.807, 2.05) is 0 Å². The lowest BCUT2D eigenvalue weighted by molar-refractivity contribution is -0.0783. The van der Waals surface area contributed by atoms with Crippen LogP contribution in [0.4, 0.5) is 19.4 Å². The summed E-state index contributed by atoms with van der Waals surface area (Å²) in [6.45, 7) is 4.20. The summed E-state index contributed by atoms with van der Waals surface area (Å²) in [4.78, 5) is 38.2. The Morgan fingerprint density at radius 2 is 2.00 bits per heavy atom. The third-order valence-electron chi connectivity index (χ3n) is 5.06. The van der Waals surface area contributed by atoms with Crippen LogP contribution in [0.1, 0.15) is 49.5 Å². The molecule has 0 bridgehead atoms. The van der Waals surface area contributed by atoms with E-state index in [0.29, 0.717) is 10.2 Å². The summed E-state index contributed by atoms with van der Waals surface area (Å²) < 4.78 is 39.9. The molecule has 4 rings (SSSR count). The van der Waals surface area contributed by atoms with E-state index in [0.717, 1.165) is 4.90 Å². The number of piperidine rings is 1. The Hall–Kier alpha value is -3.48. The number of nitrogens with zero attached hydrogens (tertiary/aromatic N) is 5. The van der Waals surface area contributed by atoms with Gasteiger partial charge in [-0.15, -0.1) is 0 Å². The lowest BCUT2D eigenvalue weighted by Crippen LogP contribution is -2.50. The predicted octanol–water partition coefficient (Wildman–Crippen LogP) is 4.90. The number of halogens is 3. The van der Waals surface area contributed by atoms with Crippen molar-refractivity contribution in [3.8, 4) is 11.4 Å². The van der Waals surface area contributed by atoms with E-state index in [1.54, 1.807) is 51.1 Å². The monoisotopic (exact) mass is 564 g/mol. The van der Waals surface area contributed by atoms with Gasteiger partial charge in [-0.1, -0.05) is 11.2 Å². The molecule has 3 aromatic rings. The third kappa shape index (κ3) is 6.39. The minimum Gasteiger partial charge on any atom is -0.444 e. The summed E-state index contributed by atoms with van der Waals surface area (Å²) in [7, 11) is 0. The highest BCUT2D eigenvalue weighted by Gasteiger charge is 2.45. The first-order chi connectivity index (χ1) is 16.9. The molecule has 10 nitrogen and oxygen atoms in total. The van der Waals surface area contributed by atoms with Gasteiger partial charge in [-0.3, -0.25) is 4.79 Å². The number of rotatable bonds is 4. The van der Waals surface area contributed by atoms with Gasteiger partial charge in [0, 0.05) is 24.7 Å². The molecule has 0 spiro atoms. The zero-order valence-corrected chi connectivity index (χ0v) is 21.3. The van der Waals surface area contributed by atoms with Crippen LogP contribution in [-0.4, -0.2) is 61.6 Å². The van der Waals surface area contributed by atoms with Gasteiger partial charge in [-0.05, 0) is 61.0 Å². The van der Waals surface area contributed by atoms with E-state index in [4.69, 9.17) is 9.26 Å². The number of nitrogens with one attached hydrogen (secondary N) is 1. The summed E-state index contributed by atoms with van der Waals surface area (Å²) in [5.41, 5.74) is -0.151. The molecule has 1 unspecified atom stereocenters. The Bertz CT molecular complexity index is 1260.